The molecule has 4 heteroatoms. The number of hydrogen-bond acceptors (Lipinski definition) is 4. The van der Waals surface area contributed by atoms with Gasteiger partial charge in [0.05, 0.1) is 0 Å². The van der Waals surface area contributed by atoms with Crippen LogP contribution in [0.5, 0.6) is 0 Å². The highest BCUT2D eigenvalue weighted by Crippen LogP contribution is 2.18. The van der Waals surface area contributed by atoms with Gasteiger partial charge in [0, 0.05) is 18.4 Å². The van der Waals surface area contributed by atoms with Crippen LogP contribution in [0.25, 0.3) is 11.1 Å². The molecule has 17 heavy (non-hydrogen) atoms. The van der Waals surface area contributed by atoms with Crippen molar-refractivity contribution in [2.45, 2.75) is 26.9 Å². The molecule has 0 saturated heterocycles. The number of aromatic nitrogens is 1. The molecule has 0 saturated carbocycles. The first kappa shape index (κ1) is 11.9. The standard InChI is InChI=1S/C13H18N2O2/c1-9(2)5-6-16-8-13-15-11-4-3-10(14)7-12(11)17-13/h3-4,7,9H,5-6,8,14H2,1-2H3. The molecule has 1 heterocycles. The molecule has 92 valence electrons. The summed E-state index contributed by atoms with van der Waals surface area (Å²) in [4.78, 5) is 4.32. The highest BCUT2D eigenvalue weighted by atomic mass is 16.5. The summed E-state index contributed by atoms with van der Waals surface area (Å²) < 4.78 is 11.0. The first-order valence-electron chi connectivity index (χ1n) is 5.88. The molecule has 0 aliphatic rings. The Labute approximate surface area is 101 Å². The minimum atomic E-state index is 0.418. The van der Waals surface area contributed by atoms with Crippen molar-refractivity contribution in [1.82, 2.24) is 4.98 Å². The van der Waals surface area contributed by atoms with Crippen molar-refractivity contribution in [3.8, 4) is 0 Å². The maximum Gasteiger partial charge on any atom is 0.221 e. The molecule has 1 aromatic carbocycles. The van der Waals surface area contributed by atoms with E-state index in [4.69, 9.17) is 14.9 Å². The Morgan fingerprint density at radius 3 is 3.00 bits per heavy atom. The van der Waals surface area contributed by atoms with Crippen LogP contribution in [-0.2, 0) is 11.3 Å². The summed E-state index contributed by atoms with van der Waals surface area (Å²) in [5.74, 6) is 1.26. The number of ether oxygens (including phenoxy) is 1. The molecule has 0 bridgehead atoms. The molecular formula is C13H18N2O2. The third kappa shape index (κ3) is 3.20. The van der Waals surface area contributed by atoms with E-state index in [1.54, 1.807) is 6.07 Å². The van der Waals surface area contributed by atoms with Gasteiger partial charge in [-0.1, -0.05) is 13.8 Å². The van der Waals surface area contributed by atoms with Crippen LogP contribution in [0.3, 0.4) is 0 Å². The van der Waals surface area contributed by atoms with E-state index >= 15 is 0 Å². The smallest absolute Gasteiger partial charge is 0.221 e. The molecule has 0 aliphatic carbocycles. The van der Waals surface area contributed by atoms with Gasteiger partial charge in [0.25, 0.3) is 0 Å². The average Bonchev–Trinajstić information content (AvgIpc) is 2.66. The summed E-state index contributed by atoms with van der Waals surface area (Å²) in [5, 5.41) is 0. The molecule has 1 aromatic heterocycles. The molecule has 0 atom stereocenters. The molecule has 0 fully saturated rings. The van der Waals surface area contributed by atoms with Crippen molar-refractivity contribution in [2.24, 2.45) is 5.92 Å². The largest absolute Gasteiger partial charge is 0.438 e. The van der Waals surface area contributed by atoms with Gasteiger partial charge in [0.2, 0.25) is 5.89 Å². The van der Waals surface area contributed by atoms with Crippen LogP contribution in [0.1, 0.15) is 26.2 Å². The minimum absolute atomic E-state index is 0.418. The van der Waals surface area contributed by atoms with Crippen LogP contribution in [0.2, 0.25) is 0 Å². The van der Waals surface area contributed by atoms with E-state index in [-0.39, 0.29) is 0 Å². The van der Waals surface area contributed by atoms with Gasteiger partial charge in [-0.2, -0.15) is 0 Å². The Morgan fingerprint density at radius 1 is 1.41 bits per heavy atom. The molecule has 0 aliphatic heterocycles. The summed E-state index contributed by atoms with van der Waals surface area (Å²) in [6, 6.07) is 5.44. The number of nitrogens with zero attached hydrogens (tertiary/aromatic N) is 1. The lowest BCUT2D eigenvalue weighted by atomic mass is 10.1. The second-order valence-electron chi connectivity index (χ2n) is 4.57. The number of anilines is 1. The number of nitrogen functional groups attached to an aromatic ring is 1. The number of oxazole rings is 1. The SMILES string of the molecule is CC(C)CCOCc1nc2ccc(N)cc2o1. The fraction of sp³-hybridized carbons (Fsp3) is 0.462. The number of benzene rings is 1. The molecule has 2 rings (SSSR count). The highest BCUT2D eigenvalue weighted by Gasteiger charge is 2.06. The Kier molecular flexibility index (Phi) is 3.64. The van der Waals surface area contributed by atoms with Crippen molar-refractivity contribution in [3.05, 3.63) is 24.1 Å². The lowest BCUT2D eigenvalue weighted by Gasteiger charge is -2.03. The Morgan fingerprint density at radius 2 is 2.24 bits per heavy atom. The van der Waals surface area contributed by atoms with Crippen LogP contribution in [-0.4, -0.2) is 11.6 Å². The summed E-state index contributed by atoms with van der Waals surface area (Å²) in [6.07, 6.45) is 1.05. The van der Waals surface area contributed by atoms with E-state index in [1.165, 1.54) is 0 Å². The number of rotatable bonds is 5. The van der Waals surface area contributed by atoms with E-state index < -0.39 is 0 Å². The van der Waals surface area contributed by atoms with Gasteiger partial charge in [0.15, 0.2) is 5.58 Å². The van der Waals surface area contributed by atoms with Crippen LogP contribution >= 0.6 is 0 Å². The second-order valence-corrected chi connectivity index (χ2v) is 4.57. The van der Waals surface area contributed by atoms with Crippen molar-refractivity contribution < 1.29 is 9.15 Å². The fourth-order valence-electron chi connectivity index (χ4n) is 1.53. The monoisotopic (exact) mass is 234 g/mol. The molecule has 2 N–H and O–H groups in total. The Hall–Kier alpha value is -1.55. The average molecular weight is 234 g/mol. The lowest BCUT2D eigenvalue weighted by molar-refractivity contribution is 0.0948. The van der Waals surface area contributed by atoms with Gasteiger partial charge in [-0.25, -0.2) is 4.98 Å². The lowest BCUT2D eigenvalue weighted by Crippen LogP contribution is -1.99. The molecule has 0 amide bonds. The first-order valence-corrected chi connectivity index (χ1v) is 5.88. The minimum Gasteiger partial charge on any atom is -0.438 e. The molecule has 4 nitrogen and oxygen atoms in total. The van der Waals surface area contributed by atoms with Crippen molar-refractivity contribution in [3.63, 3.8) is 0 Å². The predicted octanol–water partition coefficient (Wildman–Crippen LogP) is 2.97. The van der Waals surface area contributed by atoms with Crippen molar-refractivity contribution >= 4 is 16.8 Å². The van der Waals surface area contributed by atoms with Gasteiger partial charge in [-0.05, 0) is 24.5 Å². The molecule has 0 radical (unpaired) electrons. The molecule has 2 aromatic rings. The number of nitrogens with two attached hydrogens (primary N) is 1. The van der Waals surface area contributed by atoms with E-state index in [1.807, 2.05) is 12.1 Å². The van der Waals surface area contributed by atoms with Crippen LogP contribution in [0.15, 0.2) is 22.6 Å². The highest BCUT2D eigenvalue weighted by molar-refractivity contribution is 5.76. The van der Waals surface area contributed by atoms with Crippen LogP contribution in [0, 0.1) is 5.92 Å². The van der Waals surface area contributed by atoms with E-state index in [0.717, 1.165) is 18.5 Å². The fourth-order valence-corrected chi connectivity index (χ4v) is 1.53. The molecule has 0 spiro atoms. The zero-order valence-electron chi connectivity index (χ0n) is 10.3. The number of fused-ring (bicyclic) bond motifs is 1. The van der Waals surface area contributed by atoms with Crippen molar-refractivity contribution in [1.29, 1.82) is 0 Å². The molecule has 0 unspecified atom stereocenters. The van der Waals surface area contributed by atoms with Gasteiger partial charge in [-0.3, -0.25) is 0 Å². The number of hydrogen-bond donors (Lipinski definition) is 1. The van der Waals surface area contributed by atoms with Gasteiger partial charge in [0.1, 0.15) is 12.1 Å². The Balaban J connectivity index is 1.95. The van der Waals surface area contributed by atoms with E-state index in [0.29, 0.717) is 29.7 Å². The van der Waals surface area contributed by atoms with Gasteiger partial charge >= 0.3 is 0 Å². The maximum absolute atomic E-state index is 5.67. The first-order chi connectivity index (χ1) is 8.15. The van der Waals surface area contributed by atoms with Gasteiger partial charge in [-0.15, -0.1) is 0 Å². The molecular weight excluding hydrogens is 216 g/mol. The summed E-state index contributed by atoms with van der Waals surface area (Å²) in [5.41, 5.74) is 7.89. The third-order valence-electron chi connectivity index (χ3n) is 2.52. The van der Waals surface area contributed by atoms with Crippen LogP contribution < -0.4 is 5.73 Å². The van der Waals surface area contributed by atoms with Gasteiger partial charge < -0.3 is 14.9 Å². The van der Waals surface area contributed by atoms with E-state index in [9.17, 15) is 0 Å². The summed E-state index contributed by atoms with van der Waals surface area (Å²) in [7, 11) is 0. The van der Waals surface area contributed by atoms with E-state index in [2.05, 4.69) is 18.8 Å². The predicted molar refractivity (Wildman–Crippen MR) is 67.5 cm³/mol. The summed E-state index contributed by atoms with van der Waals surface area (Å²) >= 11 is 0. The van der Waals surface area contributed by atoms with Crippen molar-refractivity contribution in [2.75, 3.05) is 12.3 Å². The topological polar surface area (TPSA) is 61.3 Å². The second kappa shape index (κ2) is 5.19. The zero-order chi connectivity index (χ0) is 12.3. The Bertz CT molecular complexity index is 491. The zero-order valence-corrected chi connectivity index (χ0v) is 10.3. The maximum atomic E-state index is 5.67. The summed E-state index contributed by atoms with van der Waals surface area (Å²) in [6.45, 7) is 5.50. The quantitative estimate of drug-likeness (QED) is 0.638. The normalized spacial score (nSPS) is 11.5. The van der Waals surface area contributed by atoms with Crippen LogP contribution in [0.4, 0.5) is 5.69 Å². The third-order valence-corrected chi connectivity index (χ3v) is 2.52.